The third kappa shape index (κ3) is 4.24. The molecular weight excluding hydrogens is 320 g/mol. The highest BCUT2D eigenvalue weighted by atomic mass is 16.6. The molecule has 2 heterocycles. The second kappa shape index (κ2) is 7.94. The number of aromatic nitrogens is 1. The first-order valence-corrected chi connectivity index (χ1v) is 8.46. The van der Waals surface area contributed by atoms with E-state index >= 15 is 0 Å². The van der Waals surface area contributed by atoms with Crippen molar-refractivity contribution >= 4 is 11.4 Å². The number of hydrogen-bond donors (Lipinski definition) is 0. The molecule has 0 bridgehead atoms. The Kier molecular flexibility index (Phi) is 5.45. The third-order valence-corrected chi connectivity index (χ3v) is 4.29. The van der Waals surface area contributed by atoms with E-state index in [-0.39, 0.29) is 5.69 Å². The summed E-state index contributed by atoms with van der Waals surface area (Å²) < 4.78 is 5.44. The Morgan fingerprint density at radius 2 is 2.00 bits per heavy atom. The van der Waals surface area contributed by atoms with E-state index < -0.39 is 4.92 Å². The van der Waals surface area contributed by atoms with Crippen LogP contribution in [0.2, 0.25) is 0 Å². The molecule has 0 aliphatic carbocycles. The number of ether oxygens (including phenoxy) is 1. The second-order valence-electron chi connectivity index (χ2n) is 5.93. The topological polar surface area (TPSA) is 71.7 Å². The van der Waals surface area contributed by atoms with Crippen LogP contribution >= 0.6 is 0 Å². The third-order valence-electron chi connectivity index (χ3n) is 4.29. The lowest BCUT2D eigenvalue weighted by molar-refractivity contribution is -0.385. The molecule has 0 radical (unpaired) electrons. The Morgan fingerprint density at radius 3 is 2.64 bits per heavy atom. The zero-order chi connectivity index (χ0) is 17.6. The van der Waals surface area contributed by atoms with E-state index in [0.29, 0.717) is 12.4 Å². The lowest BCUT2D eigenvalue weighted by atomic mass is 10.2. The van der Waals surface area contributed by atoms with Gasteiger partial charge >= 0.3 is 5.69 Å². The van der Waals surface area contributed by atoms with Gasteiger partial charge in [-0.1, -0.05) is 6.07 Å². The highest BCUT2D eigenvalue weighted by Gasteiger charge is 2.21. The molecule has 0 N–H and O–H groups in total. The Labute approximate surface area is 147 Å². The zero-order valence-electron chi connectivity index (χ0n) is 14.3. The molecule has 0 spiro atoms. The Bertz CT molecular complexity index is 716. The maximum atomic E-state index is 11.1. The predicted molar refractivity (Wildman–Crippen MR) is 96.0 cm³/mol. The van der Waals surface area contributed by atoms with Crippen molar-refractivity contribution < 1.29 is 9.66 Å². The van der Waals surface area contributed by atoms with Gasteiger partial charge in [0.15, 0.2) is 5.75 Å². The van der Waals surface area contributed by atoms with Gasteiger partial charge < -0.3 is 9.64 Å². The van der Waals surface area contributed by atoms with E-state index in [9.17, 15) is 10.1 Å². The summed E-state index contributed by atoms with van der Waals surface area (Å²) in [6.45, 7) is 6.68. The summed E-state index contributed by atoms with van der Waals surface area (Å²) in [5, 5.41) is 11.1. The number of nitro groups is 1. The van der Waals surface area contributed by atoms with E-state index in [4.69, 9.17) is 4.74 Å². The maximum absolute atomic E-state index is 11.1. The molecule has 1 aliphatic rings. The molecule has 1 fully saturated rings. The van der Waals surface area contributed by atoms with Gasteiger partial charge in [0, 0.05) is 56.7 Å². The van der Waals surface area contributed by atoms with E-state index in [1.165, 1.54) is 6.07 Å². The Hall–Kier alpha value is -2.67. The van der Waals surface area contributed by atoms with Gasteiger partial charge in [-0.15, -0.1) is 0 Å². The number of nitrogens with zero attached hydrogens (tertiary/aromatic N) is 4. The number of nitro benzene ring substituents is 1. The quantitative estimate of drug-likeness (QED) is 0.594. The van der Waals surface area contributed by atoms with Gasteiger partial charge in [0.25, 0.3) is 0 Å². The number of anilines is 1. The number of piperazine rings is 1. The first-order chi connectivity index (χ1) is 12.2. The number of pyridine rings is 1. The standard InChI is InChI=1S/C18H22N4O3/c1-2-25-18-13-16(6-7-17(18)22(23)24)21-11-9-20(10-12-21)14-15-5-3-4-8-19-15/h3-8,13H,2,9-12,14H2,1H3. The van der Waals surface area contributed by atoms with Gasteiger partial charge in [0.05, 0.1) is 17.2 Å². The highest BCUT2D eigenvalue weighted by Crippen LogP contribution is 2.32. The fraction of sp³-hybridized carbons (Fsp3) is 0.389. The van der Waals surface area contributed by atoms with E-state index in [0.717, 1.165) is 44.1 Å². The van der Waals surface area contributed by atoms with E-state index in [1.54, 1.807) is 12.1 Å². The fourth-order valence-electron chi connectivity index (χ4n) is 3.01. The number of benzene rings is 1. The minimum atomic E-state index is -0.403. The van der Waals surface area contributed by atoms with Crippen molar-refractivity contribution in [1.29, 1.82) is 0 Å². The average Bonchev–Trinajstić information content (AvgIpc) is 2.63. The summed E-state index contributed by atoms with van der Waals surface area (Å²) in [6, 6.07) is 11.1. The van der Waals surface area contributed by atoms with Crippen LogP contribution < -0.4 is 9.64 Å². The second-order valence-corrected chi connectivity index (χ2v) is 5.93. The van der Waals surface area contributed by atoms with Crippen molar-refractivity contribution in [1.82, 2.24) is 9.88 Å². The van der Waals surface area contributed by atoms with Crippen LogP contribution in [-0.2, 0) is 6.54 Å². The summed E-state index contributed by atoms with van der Waals surface area (Å²) in [7, 11) is 0. The lowest BCUT2D eigenvalue weighted by Gasteiger charge is -2.36. The van der Waals surface area contributed by atoms with Crippen LogP contribution in [0.1, 0.15) is 12.6 Å². The number of rotatable bonds is 6. The molecule has 25 heavy (non-hydrogen) atoms. The summed E-state index contributed by atoms with van der Waals surface area (Å²) in [5.41, 5.74) is 2.05. The van der Waals surface area contributed by atoms with Crippen LogP contribution in [-0.4, -0.2) is 47.6 Å². The molecule has 132 valence electrons. The highest BCUT2D eigenvalue weighted by molar-refractivity contribution is 5.59. The minimum Gasteiger partial charge on any atom is -0.487 e. The van der Waals surface area contributed by atoms with Crippen molar-refractivity contribution in [3.63, 3.8) is 0 Å². The van der Waals surface area contributed by atoms with Gasteiger partial charge in [0.2, 0.25) is 0 Å². The molecule has 3 rings (SSSR count). The first kappa shape index (κ1) is 17.2. The summed E-state index contributed by atoms with van der Waals surface area (Å²) in [5.74, 6) is 0.334. The lowest BCUT2D eigenvalue weighted by Crippen LogP contribution is -2.46. The first-order valence-electron chi connectivity index (χ1n) is 8.46. The van der Waals surface area contributed by atoms with Crippen molar-refractivity contribution in [2.75, 3.05) is 37.7 Å². The van der Waals surface area contributed by atoms with Crippen molar-refractivity contribution in [3.8, 4) is 5.75 Å². The molecule has 0 atom stereocenters. The van der Waals surface area contributed by atoms with Crippen molar-refractivity contribution in [2.45, 2.75) is 13.5 Å². The van der Waals surface area contributed by atoms with Crippen LogP contribution in [0.5, 0.6) is 5.75 Å². The molecule has 0 amide bonds. The maximum Gasteiger partial charge on any atom is 0.311 e. The largest absolute Gasteiger partial charge is 0.487 e. The van der Waals surface area contributed by atoms with E-state index in [2.05, 4.69) is 14.8 Å². The predicted octanol–water partition coefficient (Wildman–Crippen LogP) is 2.71. The molecule has 0 unspecified atom stereocenters. The van der Waals surface area contributed by atoms with Gasteiger partial charge in [-0.25, -0.2) is 0 Å². The zero-order valence-corrected chi connectivity index (χ0v) is 14.3. The Morgan fingerprint density at radius 1 is 1.20 bits per heavy atom. The van der Waals surface area contributed by atoms with Crippen molar-refractivity contribution in [3.05, 3.63) is 58.4 Å². The number of hydrogen-bond acceptors (Lipinski definition) is 6. The van der Waals surface area contributed by atoms with E-state index in [1.807, 2.05) is 31.3 Å². The summed E-state index contributed by atoms with van der Waals surface area (Å²) in [6.07, 6.45) is 1.82. The van der Waals surface area contributed by atoms with Crippen LogP contribution in [0.15, 0.2) is 42.6 Å². The molecule has 2 aromatic rings. The molecule has 7 nitrogen and oxygen atoms in total. The van der Waals surface area contributed by atoms with Crippen molar-refractivity contribution in [2.24, 2.45) is 0 Å². The Balaban J connectivity index is 1.64. The van der Waals surface area contributed by atoms with Gasteiger partial charge in [0.1, 0.15) is 0 Å². The van der Waals surface area contributed by atoms with Gasteiger partial charge in [-0.2, -0.15) is 0 Å². The smallest absolute Gasteiger partial charge is 0.311 e. The van der Waals surface area contributed by atoms with Crippen LogP contribution in [0.25, 0.3) is 0 Å². The molecular formula is C18H22N4O3. The SMILES string of the molecule is CCOc1cc(N2CCN(Cc3ccccn3)CC2)ccc1[N+](=O)[O-]. The van der Waals surface area contributed by atoms with Crippen LogP contribution in [0, 0.1) is 10.1 Å². The molecule has 1 aromatic heterocycles. The summed E-state index contributed by atoms with van der Waals surface area (Å²) in [4.78, 5) is 19.7. The average molecular weight is 342 g/mol. The van der Waals surface area contributed by atoms with Crippen LogP contribution in [0.4, 0.5) is 11.4 Å². The minimum absolute atomic E-state index is 0.0133. The monoisotopic (exact) mass is 342 g/mol. The molecule has 0 saturated carbocycles. The molecule has 1 aromatic carbocycles. The molecule has 1 saturated heterocycles. The van der Waals surface area contributed by atoms with Gasteiger partial charge in [-0.3, -0.25) is 20.0 Å². The summed E-state index contributed by atoms with van der Waals surface area (Å²) >= 11 is 0. The van der Waals surface area contributed by atoms with Crippen LogP contribution in [0.3, 0.4) is 0 Å². The molecule has 1 aliphatic heterocycles. The normalized spacial score (nSPS) is 15.2. The fourth-order valence-corrected chi connectivity index (χ4v) is 3.01. The van der Waals surface area contributed by atoms with Gasteiger partial charge in [-0.05, 0) is 25.1 Å². The molecule has 7 heteroatoms.